The van der Waals surface area contributed by atoms with Gasteiger partial charge in [0.05, 0.1) is 17.5 Å². The van der Waals surface area contributed by atoms with Gasteiger partial charge in [0, 0.05) is 39.4 Å². The average Bonchev–Trinajstić information content (AvgIpc) is 3.19. The number of anilines is 1. The zero-order valence-electron chi connectivity index (χ0n) is 20.6. The third kappa shape index (κ3) is 5.43. The number of benzene rings is 3. The van der Waals surface area contributed by atoms with E-state index in [9.17, 15) is 13.2 Å². The summed E-state index contributed by atoms with van der Waals surface area (Å²) in [7, 11) is 0. The highest BCUT2D eigenvalue weighted by molar-refractivity contribution is 6.13. The molecule has 0 aliphatic carbocycles. The summed E-state index contributed by atoms with van der Waals surface area (Å²) in [5.41, 5.74) is 4.38. The van der Waals surface area contributed by atoms with Crippen LogP contribution in [0.5, 0.6) is 0 Å². The van der Waals surface area contributed by atoms with Crippen molar-refractivity contribution < 1.29 is 13.2 Å². The van der Waals surface area contributed by atoms with Gasteiger partial charge in [-0.3, -0.25) is 0 Å². The summed E-state index contributed by atoms with van der Waals surface area (Å²) in [5.74, 6) is 0. The third-order valence-corrected chi connectivity index (χ3v) is 6.91. The Morgan fingerprint density at radius 2 is 1.53 bits per heavy atom. The largest absolute Gasteiger partial charge is 0.393 e. The number of nitrogens with one attached hydrogen (secondary N) is 2. The molecule has 36 heavy (non-hydrogen) atoms. The maximum Gasteiger partial charge on any atom is 0.393 e. The molecule has 6 heteroatoms. The fourth-order valence-electron chi connectivity index (χ4n) is 5.13. The maximum atomic E-state index is 13.2. The van der Waals surface area contributed by atoms with E-state index in [4.69, 9.17) is 4.98 Å². The Bertz CT molecular complexity index is 1500. The number of hydrogen-bond acceptors (Lipinski definition) is 2. The van der Waals surface area contributed by atoms with Gasteiger partial charge in [0.25, 0.3) is 0 Å². The molecule has 0 radical (unpaired) electrons. The number of pyridine rings is 1. The molecule has 0 atom stereocenters. The lowest BCUT2D eigenvalue weighted by Gasteiger charge is -2.15. The van der Waals surface area contributed by atoms with Gasteiger partial charge in [0.1, 0.15) is 0 Å². The van der Waals surface area contributed by atoms with E-state index >= 15 is 0 Å². The summed E-state index contributed by atoms with van der Waals surface area (Å²) in [5, 5.41) is 7.54. The van der Waals surface area contributed by atoms with E-state index in [1.165, 1.54) is 32.1 Å². The van der Waals surface area contributed by atoms with Crippen molar-refractivity contribution in [3.63, 3.8) is 0 Å². The number of nitrogens with zero attached hydrogens (tertiary/aromatic N) is 1. The van der Waals surface area contributed by atoms with Gasteiger partial charge in [-0.15, -0.1) is 0 Å². The molecule has 2 N–H and O–H groups in total. The Labute approximate surface area is 209 Å². The molecule has 0 spiro atoms. The number of aromatic nitrogens is 2. The molecule has 0 amide bonds. The molecule has 2 aromatic heterocycles. The standard InChI is InChI=1S/C30H32F3N3/c1-2-3-4-5-6-7-10-13-34-27-14-20(19-30(31,32)33)15-28-24(27)17-21-16-23-22-11-8-9-12-25(22)35-29(23)18-26(21)36-28/h8-9,11-12,14-18,34,36H,2-7,10,13,19H2,1H3. The third-order valence-electron chi connectivity index (χ3n) is 6.91. The molecule has 3 aromatic carbocycles. The number of hydrogen-bond donors (Lipinski definition) is 2. The molecule has 0 aliphatic rings. The number of unbranched alkanes of at least 4 members (excludes halogenated alkanes) is 6. The first-order chi connectivity index (χ1) is 17.4. The molecule has 0 bridgehead atoms. The number of fused-ring (bicyclic) bond motifs is 5. The number of aromatic amines is 1. The average molecular weight is 492 g/mol. The topological polar surface area (TPSA) is 40.7 Å². The first kappa shape index (κ1) is 24.4. The highest BCUT2D eigenvalue weighted by Crippen LogP contribution is 2.34. The summed E-state index contributed by atoms with van der Waals surface area (Å²) < 4.78 is 39.7. The molecule has 3 nitrogen and oxygen atoms in total. The van der Waals surface area contributed by atoms with Gasteiger partial charge in [-0.2, -0.15) is 13.2 Å². The normalized spacial score (nSPS) is 12.3. The van der Waals surface area contributed by atoms with Gasteiger partial charge in [-0.1, -0.05) is 63.6 Å². The molecular weight excluding hydrogens is 459 g/mol. The fraction of sp³-hybridized carbons (Fsp3) is 0.367. The van der Waals surface area contributed by atoms with E-state index in [1.54, 1.807) is 12.1 Å². The number of para-hydroxylation sites is 1. The molecule has 0 saturated carbocycles. The molecule has 0 saturated heterocycles. The minimum Gasteiger partial charge on any atom is -0.384 e. The Hall–Kier alpha value is -3.28. The molecule has 5 rings (SSSR count). The zero-order chi connectivity index (χ0) is 25.1. The molecule has 0 unspecified atom stereocenters. The second-order valence-electron chi connectivity index (χ2n) is 9.80. The minimum atomic E-state index is -4.26. The van der Waals surface area contributed by atoms with Crippen LogP contribution >= 0.6 is 0 Å². The van der Waals surface area contributed by atoms with Crippen LogP contribution in [0.4, 0.5) is 18.9 Å². The highest BCUT2D eigenvalue weighted by Gasteiger charge is 2.28. The molecule has 188 valence electrons. The second kappa shape index (κ2) is 10.4. The SMILES string of the molecule is CCCCCCCCCNc1cc(CC(F)(F)F)cc2[nH]c3cc4nc5ccccc5c4cc3cc12. The van der Waals surface area contributed by atoms with Crippen LogP contribution < -0.4 is 5.32 Å². The van der Waals surface area contributed by atoms with Crippen molar-refractivity contribution in [3.05, 3.63) is 60.2 Å². The number of alkyl halides is 3. The van der Waals surface area contributed by atoms with Gasteiger partial charge < -0.3 is 10.3 Å². The summed E-state index contributed by atoms with van der Waals surface area (Å²) in [6.07, 6.45) is 3.16. The number of H-pyrrole nitrogens is 1. The van der Waals surface area contributed by atoms with Gasteiger partial charge in [0.15, 0.2) is 0 Å². The minimum absolute atomic E-state index is 0.255. The van der Waals surface area contributed by atoms with Crippen LogP contribution in [0.1, 0.15) is 57.4 Å². The monoisotopic (exact) mass is 491 g/mol. The van der Waals surface area contributed by atoms with Crippen molar-refractivity contribution in [2.24, 2.45) is 0 Å². The summed E-state index contributed by atoms with van der Waals surface area (Å²) in [6, 6.07) is 17.5. The van der Waals surface area contributed by atoms with Crippen molar-refractivity contribution in [1.82, 2.24) is 9.97 Å². The van der Waals surface area contributed by atoms with Crippen LogP contribution in [0.25, 0.3) is 43.6 Å². The lowest BCUT2D eigenvalue weighted by molar-refractivity contribution is -0.127. The molecule has 0 aliphatic heterocycles. The van der Waals surface area contributed by atoms with Gasteiger partial charge >= 0.3 is 6.18 Å². The maximum absolute atomic E-state index is 13.2. The first-order valence-electron chi connectivity index (χ1n) is 13.0. The van der Waals surface area contributed by atoms with E-state index in [0.717, 1.165) is 63.2 Å². The van der Waals surface area contributed by atoms with Gasteiger partial charge in [-0.05, 0) is 53.8 Å². The van der Waals surface area contributed by atoms with E-state index in [0.29, 0.717) is 5.52 Å². The Kier molecular flexibility index (Phi) is 7.04. The van der Waals surface area contributed by atoms with Crippen LogP contribution in [0.15, 0.2) is 54.6 Å². The Balaban J connectivity index is 1.48. The first-order valence-corrected chi connectivity index (χ1v) is 13.0. The molecule has 0 fully saturated rings. The Morgan fingerprint density at radius 3 is 2.33 bits per heavy atom. The summed E-state index contributed by atoms with van der Waals surface area (Å²) >= 11 is 0. The van der Waals surface area contributed by atoms with E-state index < -0.39 is 12.6 Å². The second-order valence-corrected chi connectivity index (χ2v) is 9.80. The highest BCUT2D eigenvalue weighted by atomic mass is 19.4. The quantitative estimate of drug-likeness (QED) is 0.151. The van der Waals surface area contributed by atoms with E-state index in [-0.39, 0.29) is 5.56 Å². The van der Waals surface area contributed by atoms with Crippen LogP contribution in [0.2, 0.25) is 0 Å². The molecular formula is C30H32F3N3. The smallest absolute Gasteiger partial charge is 0.384 e. The lowest BCUT2D eigenvalue weighted by Crippen LogP contribution is -2.12. The van der Waals surface area contributed by atoms with Gasteiger partial charge in [-0.25, -0.2) is 4.98 Å². The van der Waals surface area contributed by atoms with Crippen LogP contribution in [0.3, 0.4) is 0 Å². The van der Waals surface area contributed by atoms with Crippen molar-refractivity contribution in [3.8, 4) is 0 Å². The van der Waals surface area contributed by atoms with Crippen LogP contribution in [-0.4, -0.2) is 22.7 Å². The molecule has 2 heterocycles. The van der Waals surface area contributed by atoms with Crippen molar-refractivity contribution in [1.29, 1.82) is 0 Å². The molecule has 5 aromatic rings. The van der Waals surface area contributed by atoms with Crippen molar-refractivity contribution in [2.75, 3.05) is 11.9 Å². The van der Waals surface area contributed by atoms with Crippen LogP contribution in [-0.2, 0) is 6.42 Å². The predicted octanol–water partition coefficient (Wildman–Crippen LogP) is 9.29. The van der Waals surface area contributed by atoms with Crippen molar-refractivity contribution in [2.45, 2.75) is 64.5 Å². The van der Waals surface area contributed by atoms with Gasteiger partial charge in [0.2, 0.25) is 0 Å². The number of rotatable bonds is 10. The predicted molar refractivity (Wildman–Crippen MR) is 145 cm³/mol. The zero-order valence-corrected chi connectivity index (χ0v) is 20.6. The van der Waals surface area contributed by atoms with E-state index in [1.807, 2.05) is 24.3 Å². The summed E-state index contributed by atoms with van der Waals surface area (Å²) in [6.45, 7) is 2.95. The Morgan fingerprint density at radius 1 is 0.778 bits per heavy atom. The van der Waals surface area contributed by atoms with E-state index in [2.05, 4.69) is 35.4 Å². The van der Waals surface area contributed by atoms with Crippen LogP contribution in [0, 0.1) is 0 Å². The van der Waals surface area contributed by atoms with Crippen molar-refractivity contribution >= 4 is 49.3 Å². The lowest BCUT2D eigenvalue weighted by atomic mass is 10.0. The number of halogens is 3. The summed E-state index contributed by atoms with van der Waals surface area (Å²) in [4.78, 5) is 8.12. The fourth-order valence-corrected chi connectivity index (χ4v) is 5.13.